The molecule has 0 spiro atoms. The Morgan fingerprint density at radius 1 is 1.07 bits per heavy atom. The summed E-state index contributed by atoms with van der Waals surface area (Å²) in [5, 5.41) is 2.96. The minimum Gasteiger partial charge on any atom is -0.360 e. The molecule has 0 bridgehead atoms. The van der Waals surface area contributed by atoms with E-state index < -0.39 is 0 Å². The number of hydrogen-bond acceptors (Lipinski definition) is 3. The van der Waals surface area contributed by atoms with Gasteiger partial charge in [0.15, 0.2) is 11.8 Å². The Balaban J connectivity index is 1.58. The molecular weight excluding hydrogens is 338 g/mol. The fourth-order valence-electron chi connectivity index (χ4n) is 3.64. The lowest BCUT2D eigenvalue weighted by atomic mass is 10.1. The van der Waals surface area contributed by atoms with Crippen LogP contribution in [0.15, 0.2) is 48.5 Å². The average Bonchev–Trinajstić information content (AvgIpc) is 2.68. The Hall–Kier alpha value is -2.66. The normalized spacial score (nSPS) is 16.0. The van der Waals surface area contributed by atoms with Crippen molar-refractivity contribution in [1.29, 1.82) is 0 Å². The van der Waals surface area contributed by atoms with Gasteiger partial charge in [-0.2, -0.15) is 0 Å². The topological polar surface area (TPSA) is 53.9 Å². The van der Waals surface area contributed by atoms with E-state index in [2.05, 4.69) is 41.4 Å². The van der Waals surface area contributed by atoms with Gasteiger partial charge in [-0.15, -0.1) is 0 Å². The molecule has 1 aliphatic heterocycles. The number of aryl methyl sites for hydroxylation is 1. The molecule has 142 valence electrons. The van der Waals surface area contributed by atoms with E-state index in [9.17, 15) is 9.59 Å². The van der Waals surface area contributed by atoms with Crippen LogP contribution in [0.4, 0.5) is 11.4 Å². The largest absolute Gasteiger partial charge is 0.360 e. The van der Waals surface area contributed by atoms with Gasteiger partial charge in [0.1, 0.15) is 0 Å². The number of rotatable bonds is 5. The van der Waals surface area contributed by atoms with Gasteiger partial charge < -0.3 is 15.1 Å². The number of nitrogens with zero attached hydrogens (tertiary/aromatic N) is 1. The van der Waals surface area contributed by atoms with Crippen LogP contribution < -0.4 is 15.1 Å². The summed E-state index contributed by atoms with van der Waals surface area (Å²) in [5.74, 6) is -0.00727. The lowest BCUT2D eigenvalue weighted by Gasteiger charge is -2.36. The molecule has 5 nitrogen and oxygen atoms in total. The van der Waals surface area contributed by atoms with Crippen molar-refractivity contribution in [3.05, 3.63) is 59.7 Å². The summed E-state index contributed by atoms with van der Waals surface area (Å²) in [6.45, 7) is 9.38. The second kappa shape index (κ2) is 8.35. The zero-order valence-electron chi connectivity index (χ0n) is 16.3. The van der Waals surface area contributed by atoms with Crippen molar-refractivity contribution in [1.82, 2.24) is 0 Å². The molecule has 3 rings (SSSR count). The summed E-state index contributed by atoms with van der Waals surface area (Å²) in [5.41, 5.74) is 3.86. The number of carbonyl (C=O) groups excluding carboxylic acids is 2. The van der Waals surface area contributed by atoms with Crippen molar-refractivity contribution in [2.45, 2.75) is 26.8 Å². The second-order valence-electron chi connectivity index (χ2n) is 7.28. The lowest BCUT2D eigenvalue weighted by molar-refractivity contribution is -0.914. The predicted octanol–water partition coefficient (Wildman–Crippen LogP) is 1.93. The Morgan fingerprint density at radius 3 is 2.44 bits per heavy atom. The van der Waals surface area contributed by atoms with Crippen LogP contribution in [0.3, 0.4) is 0 Å². The quantitative estimate of drug-likeness (QED) is 0.795. The van der Waals surface area contributed by atoms with Crippen molar-refractivity contribution in [2.75, 3.05) is 36.4 Å². The molecule has 5 heteroatoms. The summed E-state index contributed by atoms with van der Waals surface area (Å²) in [6.07, 6.45) is 0. The summed E-state index contributed by atoms with van der Waals surface area (Å²) in [4.78, 5) is 27.9. The SMILES string of the molecule is CC(=O)c1cccc(NC(=O)[C@@H](C)[NH+]2CCN(c3ccccc3C)CC2)c1. The van der Waals surface area contributed by atoms with Gasteiger partial charge in [0.25, 0.3) is 5.91 Å². The molecule has 1 fully saturated rings. The zero-order valence-corrected chi connectivity index (χ0v) is 16.3. The third-order valence-electron chi connectivity index (χ3n) is 5.40. The van der Waals surface area contributed by atoms with E-state index in [1.807, 2.05) is 13.0 Å². The van der Waals surface area contributed by atoms with Gasteiger partial charge in [-0.05, 0) is 44.5 Å². The first-order valence-corrected chi connectivity index (χ1v) is 9.52. The van der Waals surface area contributed by atoms with Gasteiger partial charge in [0.05, 0.1) is 26.2 Å². The van der Waals surface area contributed by atoms with Crippen LogP contribution in [0.2, 0.25) is 0 Å². The molecular formula is C22H28N3O2+. The molecule has 1 saturated heterocycles. The van der Waals surface area contributed by atoms with Crippen molar-refractivity contribution < 1.29 is 14.5 Å². The lowest BCUT2D eigenvalue weighted by Crippen LogP contribution is -3.19. The number of ketones is 1. The zero-order chi connectivity index (χ0) is 19.4. The highest BCUT2D eigenvalue weighted by Gasteiger charge is 2.29. The van der Waals surface area contributed by atoms with Crippen LogP contribution in [0.25, 0.3) is 0 Å². The molecule has 1 aliphatic rings. The highest BCUT2D eigenvalue weighted by atomic mass is 16.2. The van der Waals surface area contributed by atoms with Crippen LogP contribution in [-0.2, 0) is 4.79 Å². The maximum Gasteiger partial charge on any atom is 0.282 e. The third kappa shape index (κ3) is 4.55. The van der Waals surface area contributed by atoms with Gasteiger partial charge in [-0.1, -0.05) is 30.3 Å². The maximum atomic E-state index is 12.7. The van der Waals surface area contributed by atoms with Gasteiger partial charge in [-0.3, -0.25) is 9.59 Å². The first-order chi connectivity index (χ1) is 13.0. The number of quaternary nitrogens is 1. The van der Waals surface area contributed by atoms with E-state index in [0.717, 1.165) is 26.2 Å². The first kappa shape index (κ1) is 19.1. The fraction of sp³-hybridized carbons (Fsp3) is 0.364. The molecule has 0 radical (unpaired) electrons. The Morgan fingerprint density at radius 2 is 1.78 bits per heavy atom. The molecule has 1 heterocycles. The number of piperazine rings is 1. The van der Waals surface area contributed by atoms with Crippen molar-refractivity contribution in [2.24, 2.45) is 0 Å². The molecule has 0 saturated carbocycles. The number of nitrogens with one attached hydrogen (secondary N) is 2. The van der Waals surface area contributed by atoms with Crippen LogP contribution in [-0.4, -0.2) is 43.9 Å². The highest BCUT2D eigenvalue weighted by molar-refractivity contribution is 5.97. The van der Waals surface area contributed by atoms with Gasteiger partial charge in [0, 0.05) is 16.9 Å². The minimum atomic E-state index is -0.134. The predicted molar refractivity (Wildman–Crippen MR) is 109 cm³/mol. The van der Waals surface area contributed by atoms with E-state index in [1.165, 1.54) is 23.1 Å². The summed E-state index contributed by atoms with van der Waals surface area (Å²) in [7, 11) is 0. The maximum absolute atomic E-state index is 12.7. The molecule has 0 aliphatic carbocycles. The van der Waals surface area contributed by atoms with Crippen LogP contribution in [0.5, 0.6) is 0 Å². The third-order valence-corrected chi connectivity index (χ3v) is 5.40. The average molecular weight is 366 g/mol. The number of Topliss-reactive ketones (excluding diaryl/α,β-unsaturated/α-hetero) is 1. The van der Waals surface area contributed by atoms with E-state index in [0.29, 0.717) is 11.3 Å². The fourth-order valence-corrected chi connectivity index (χ4v) is 3.64. The highest BCUT2D eigenvalue weighted by Crippen LogP contribution is 2.19. The standard InChI is InChI=1S/C22H27N3O2/c1-16-7-4-5-10-21(16)25-13-11-24(12-14-25)17(2)22(27)23-20-9-6-8-19(15-20)18(3)26/h4-10,15,17H,11-14H2,1-3H3,(H,23,27)/p+1/t17-/m1/s1. The smallest absolute Gasteiger partial charge is 0.282 e. The number of para-hydroxylation sites is 1. The molecule has 1 atom stereocenters. The number of carbonyl (C=O) groups is 2. The Labute approximate surface area is 161 Å². The molecule has 2 aromatic carbocycles. The molecule has 27 heavy (non-hydrogen) atoms. The molecule has 1 amide bonds. The van der Waals surface area contributed by atoms with Crippen molar-refractivity contribution >= 4 is 23.1 Å². The van der Waals surface area contributed by atoms with Gasteiger partial charge in [0.2, 0.25) is 0 Å². The number of amides is 1. The summed E-state index contributed by atoms with van der Waals surface area (Å²) in [6, 6.07) is 15.4. The summed E-state index contributed by atoms with van der Waals surface area (Å²) >= 11 is 0. The van der Waals surface area contributed by atoms with E-state index >= 15 is 0 Å². The van der Waals surface area contributed by atoms with E-state index in [4.69, 9.17) is 0 Å². The van der Waals surface area contributed by atoms with E-state index in [1.54, 1.807) is 18.2 Å². The second-order valence-corrected chi connectivity index (χ2v) is 7.28. The van der Waals surface area contributed by atoms with Crippen molar-refractivity contribution in [3.63, 3.8) is 0 Å². The van der Waals surface area contributed by atoms with Crippen molar-refractivity contribution in [3.8, 4) is 0 Å². The molecule has 2 N–H and O–H groups in total. The van der Waals surface area contributed by atoms with Crippen LogP contribution in [0, 0.1) is 6.92 Å². The number of hydrogen-bond donors (Lipinski definition) is 2. The Bertz CT molecular complexity index is 826. The van der Waals surface area contributed by atoms with Crippen LogP contribution >= 0.6 is 0 Å². The van der Waals surface area contributed by atoms with Gasteiger partial charge >= 0.3 is 0 Å². The monoisotopic (exact) mass is 366 g/mol. The first-order valence-electron chi connectivity index (χ1n) is 9.52. The van der Waals surface area contributed by atoms with Gasteiger partial charge in [-0.25, -0.2) is 0 Å². The minimum absolute atomic E-state index is 0.00269. The molecule has 0 aromatic heterocycles. The molecule has 2 aromatic rings. The van der Waals surface area contributed by atoms with E-state index in [-0.39, 0.29) is 17.7 Å². The summed E-state index contributed by atoms with van der Waals surface area (Å²) < 4.78 is 0. The van der Waals surface area contributed by atoms with Crippen LogP contribution in [0.1, 0.15) is 29.8 Å². The number of benzene rings is 2. The molecule has 0 unspecified atom stereocenters. The number of anilines is 2. The Kier molecular flexibility index (Phi) is 5.91.